The molecule has 0 radical (unpaired) electrons. The van der Waals surface area contributed by atoms with E-state index < -0.39 is 0 Å². The van der Waals surface area contributed by atoms with Gasteiger partial charge in [0.25, 0.3) is 0 Å². The van der Waals surface area contributed by atoms with Crippen molar-refractivity contribution in [3.8, 4) is 50.7 Å². The first-order chi connectivity index (χ1) is 70.7. The molecule has 16 aromatic carbocycles. The van der Waals surface area contributed by atoms with Crippen LogP contribution in [0.2, 0.25) is 0 Å². The number of pyridine rings is 4. The molecular formula is C128H93F2N13. The van der Waals surface area contributed by atoms with Gasteiger partial charge in [0.05, 0.1) is 113 Å². The van der Waals surface area contributed by atoms with Gasteiger partial charge in [0.2, 0.25) is 0 Å². The van der Waals surface area contributed by atoms with Gasteiger partial charge in [0, 0.05) is 128 Å². The fourth-order valence-electron chi connectivity index (χ4n) is 23.7. The molecule has 2 aliphatic carbocycles. The number of hydrogen-bond donors (Lipinski definition) is 0. The van der Waals surface area contributed by atoms with Crippen molar-refractivity contribution in [1.82, 2.24) is 61.3 Å². The summed E-state index contributed by atoms with van der Waals surface area (Å²) < 4.78 is 47.4. The predicted molar refractivity (Wildman–Crippen MR) is 585 cm³/mol. The Morgan fingerprint density at radius 2 is 0.476 bits per heavy atom. The van der Waals surface area contributed by atoms with Gasteiger partial charge >= 0.3 is 0 Å². The second-order valence-electron chi connectivity index (χ2n) is 38.7. The van der Waals surface area contributed by atoms with Crippen LogP contribution in [0.15, 0.2) is 432 Å². The second kappa shape index (κ2) is 34.1. The van der Waals surface area contributed by atoms with Crippen LogP contribution in [0, 0.1) is 11.6 Å². The molecule has 2 fully saturated rings. The number of nitrogens with zero attached hydrogens (tertiary/aromatic N) is 13. The van der Waals surface area contributed by atoms with Crippen LogP contribution in [0.4, 0.5) is 8.78 Å². The second-order valence-corrected chi connectivity index (χ2v) is 38.7. The predicted octanol–water partition coefficient (Wildman–Crippen LogP) is 33.1. The Bertz CT molecular complexity index is 9730. The number of benzene rings is 16. The standard InChI is InChI=1S/C41H26N4.C35H35N3.C29H19N3.C23H13F2N3/c1-2-12-28-26-43-41(23-27(28)11-1)36(25-42-43)29-21-30(44-37-17-7-3-13-32(37)33-14-4-8-18-38(33)44)24-31(22-29)45-39-19-9-5-15-34(39)35-16-6-10-20-40(35)45;1-3-9-24(10-4-1)27-15-17-32-30(19-27)31-20-28(25-11-5-2-6-12-25)16-18-33(31)38(32)35-22-36-37-23-29-14-8-7-13-26(29)21-34(35)37;1-2-8-22-19-31-29(17-21(22)7-1)26(18-30-31)20-13-15-23(16-14-20)32-27-11-5-3-9-24(27)25-10-4-6-12-28(25)32;24-16-5-7-20-18(10-16)19-11-17(25)6-8-21(19)28(20)23-12-26-27-13-15-4-2-1-3-14(15)9-22(23)27/h1-26H;7-8,13-25H,1-6,9-12H2;1-19H;1-13H. The van der Waals surface area contributed by atoms with Crippen LogP contribution in [0.5, 0.6) is 0 Å². The van der Waals surface area contributed by atoms with Crippen LogP contribution in [-0.2, 0) is 0 Å². The highest BCUT2D eigenvalue weighted by molar-refractivity contribution is 6.15. The Balaban J connectivity index is 0.0000000943. The molecule has 684 valence electrons. The topological polar surface area (TPSA) is 93.8 Å². The van der Waals surface area contributed by atoms with Crippen molar-refractivity contribution in [3.05, 3.63) is 455 Å². The molecular weight excluding hydrogens is 1760 g/mol. The molecule has 15 heteroatoms. The number of halogens is 2. The van der Waals surface area contributed by atoms with Crippen molar-refractivity contribution < 1.29 is 8.78 Å². The third-order valence-corrected chi connectivity index (χ3v) is 30.5. The molecule has 13 heterocycles. The molecule has 0 atom stereocenters. The first-order valence-corrected chi connectivity index (χ1v) is 49.9. The van der Waals surface area contributed by atoms with Crippen LogP contribution in [0.3, 0.4) is 0 Å². The van der Waals surface area contributed by atoms with Crippen molar-refractivity contribution in [2.45, 2.75) is 76.0 Å². The van der Waals surface area contributed by atoms with E-state index in [2.05, 4.69) is 381 Å². The molecule has 0 N–H and O–H groups in total. The van der Waals surface area contributed by atoms with Crippen LogP contribution >= 0.6 is 0 Å². The Morgan fingerprint density at radius 3 is 0.832 bits per heavy atom. The summed E-state index contributed by atoms with van der Waals surface area (Å²) in [7, 11) is 0. The van der Waals surface area contributed by atoms with Gasteiger partial charge in [-0.1, -0.05) is 269 Å². The molecule has 143 heavy (non-hydrogen) atoms. The van der Waals surface area contributed by atoms with E-state index in [9.17, 15) is 8.78 Å². The lowest BCUT2D eigenvalue weighted by atomic mass is 9.83. The van der Waals surface area contributed by atoms with Crippen LogP contribution in [-0.4, -0.2) is 61.3 Å². The van der Waals surface area contributed by atoms with Crippen molar-refractivity contribution in [2.75, 3.05) is 0 Å². The highest BCUT2D eigenvalue weighted by Gasteiger charge is 2.27. The summed E-state index contributed by atoms with van der Waals surface area (Å²) in [6.07, 6.45) is 29.8. The zero-order valence-electron chi connectivity index (χ0n) is 78.3. The number of hydrogen-bond acceptors (Lipinski definition) is 4. The summed E-state index contributed by atoms with van der Waals surface area (Å²) in [5.41, 5.74) is 28.7. The quantitative estimate of drug-likeness (QED) is 0.144. The van der Waals surface area contributed by atoms with Gasteiger partial charge in [-0.05, 0) is 233 Å². The van der Waals surface area contributed by atoms with Crippen molar-refractivity contribution in [2.24, 2.45) is 0 Å². The fraction of sp³-hybridized carbons (Fsp3) is 0.0938. The molecule has 2 saturated carbocycles. The SMILES string of the molecule is Fc1ccc2c(c1)c1cc(F)ccc1n2-c1cnn2cc3ccccc3cc12.c1ccc2cn3ncc(-c4cc(-n5c6ccccc6c6ccccc65)cc(-n5c6ccccc6c6ccccc65)c4)c3cc2c1.c1ccc2cn3ncc(-c4ccc(-n5c6ccccc6c6ccccc65)cc4)c3cc2c1.c1ccc2cn3ncc(-n4c5ccc(C6CCCCC6)cc5c5cc(C6CCCCC6)ccc54)c3cc2c1. The largest absolute Gasteiger partial charge is 0.309 e. The lowest BCUT2D eigenvalue weighted by molar-refractivity contribution is 0.444. The molecule has 0 spiro atoms. The smallest absolute Gasteiger partial charge is 0.123 e. The minimum atomic E-state index is -0.346. The average Bonchev–Trinajstić information content (AvgIpc) is 1.57. The average molecular weight is 1850 g/mol. The lowest BCUT2D eigenvalue weighted by Gasteiger charge is -2.22. The molecule has 13 nitrogen and oxygen atoms in total. The zero-order valence-corrected chi connectivity index (χ0v) is 78.3. The molecule has 0 saturated heterocycles. The molecule has 0 bridgehead atoms. The Kier molecular flexibility index (Phi) is 19.9. The first kappa shape index (κ1) is 83.4. The Labute approximate surface area is 820 Å². The number of aromatic nitrogens is 13. The summed E-state index contributed by atoms with van der Waals surface area (Å²) in [6.45, 7) is 0. The lowest BCUT2D eigenvalue weighted by Crippen LogP contribution is -2.04. The first-order valence-electron chi connectivity index (χ1n) is 49.9. The molecule has 13 aromatic heterocycles. The summed E-state index contributed by atoms with van der Waals surface area (Å²) in [4.78, 5) is 0. The molecule has 29 aromatic rings. The minimum absolute atomic E-state index is 0.346. The third-order valence-electron chi connectivity index (χ3n) is 30.5. The van der Waals surface area contributed by atoms with Crippen LogP contribution < -0.4 is 0 Å². The van der Waals surface area contributed by atoms with Gasteiger partial charge in [-0.3, -0.25) is 0 Å². The number of rotatable bonds is 9. The molecule has 31 rings (SSSR count). The Morgan fingerprint density at radius 1 is 0.196 bits per heavy atom. The van der Waals surface area contributed by atoms with Gasteiger partial charge in [-0.15, -0.1) is 0 Å². The van der Waals surface area contributed by atoms with Gasteiger partial charge in [0.1, 0.15) is 11.6 Å². The summed E-state index contributed by atoms with van der Waals surface area (Å²) in [5, 5.41) is 40.0. The van der Waals surface area contributed by atoms with E-state index >= 15 is 0 Å². The highest BCUT2D eigenvalue weighted by atomic mass is 19.1. The molecule has 2 aliphatic rings. The maximum absolute atomic E-state index is 13.9. The summed E-state index contributed by atoms with van der Waals surface area (Å²) in [5.74, 6) is 0.719. The van der Waals surface area contributed by atoms with Crippen LogP contribution in [0.25, 0.3) is 225 Å². The monoisotopic (exact) mass is 1850 g/mol. The van der Waals surface area contributed by atoms with Crippen molar-refractivity contribution in [3.63, 3.8) is 0 Å². The molecule has 0 amide bonds. The minimum Gasteiger partial charge on any atom is -0.309 e. The zero-order chi connectivity index (χ0) is 94.4. The third kappa shape index (κ3) is 14.1. The highest BCUT2D eigenvalue weighted by Crippen LogP contribution is 2.46. The van der Waals surface area contributed by atoms with E-state index in [0.29, 0.717) is 22.6 Å². The normalized spacial score (nSPS) is 13.5. The van der Waals surface area contributed by atoms with Gasteiger partial charge < -0.3 is 22.8 Å². The van der Waals surface area contributed by atoms with E-state index in [1.165, 1.54) is 225 Å². The van der Waals surface area contributed by atoms with Gasteiger partial charge in [-0.2, -0.15) is 20.4 Å². The van der Waals surface area contributed by atoms with Gasteiger partial charge in [-0.25, -0.2) is 26.8 Å². The van der Waals surface area contributed by atoms with E-state index in [-0.39, 0.29) is 11.6 Å². The van der Waals surface area contributed by atoms with E-state index in [1.807, 2.05) is 59.4 Å². The van der Waals surface area contributed by atoms with Crippen molar-refractivity contribution in [1.29, 1.82) is 0 Å². The van der Waals surface area contributed by atoms with Gasteiger partial charge in [0.15, 0.2) is 0 Å². The number of para-hydroxylation sites is 6. The molecule has 0 unspecified atom stereocenters. The molecule has 0 aliphatic heterocycles. The fourth-order valence-corrected chi connectivity index (χ4v) is 23.7. The summed E-state index contributed by atoms with van der Waals surface area (Å²) in [6, 6.07) is 134. The number of fused-ring (bicyclic) bond motifs is 23. The Hall–Kier alpha value is -17.8. The maximum atomic E-state index is 13.9. The maximum Gasteiger partial charge on any atom is 0.123 e. The van der Waals surface area contributed by atoms with E-state index in [4.69, 9.17) is 10.2 Å². The summed E-state index contributed by atoms with van der Waals surface area (Å²) >= 11 is 0. The van der Waals surface area contributed by atoms with E-state index in [1.54, 1.807) is 18.3 Å². The van der Waals surface area contributed by atoms with E-state index in [0.717, 1.165) is 89.0 Å². The van der Waals surface area contributed by atoms with Crippen LogP contribution in [0.1, 0.15) is 87.2 Å². The van der Waals surface area contributed by atoms with Crippen molar-refractivity contribution >= 4 is 174 Å².